The number of nitrogens with zero attached hydrogens (tertiary/aromatic N) is 1. The molecule has 7 heteroatoms. The molecule has 0 saturated carbocycles. The van der Waals surface area contributed by atoms with Crippen molar-refractivity contribution in [2.45, 2.75) is 50.7 Å². The quantitative estimate of drug-likeness (QED) is 0.720. The van der Waals surface area contributed by atoms with Crippen molar-refractivity contribution in [3.8, 4) is 0 Å². The zero-order chi connectivity index (χ0) is 16.1. The molecule has 0 amide bonds. The fourth-order valence-corrected chi connectivity index (χ4v) is 3.73. The van der Waals surface area contributed by atoms with Gasteiger partial charge in [-0.2, -0.15) is 0 Å². The molecular weight excluding hydrogens is 290 g/mol. The molecule has 0 radical (unpaired) electrons. The maximum absolute atomic E-state index is 12.5. The van der Waals surface area contributed by atoms with Gasteiger partial charge in [-0.3, -0.25) is 0 Å². The van der Waals surface area contributed by atoms with E-state index < -0.39 is 15.6 Å². The molecule has 0 bridgehead atoms. The Labute approximate surface area is 127 Å². The van der Waals surface area contributed by atoms with E-state index in [9.17, 15) is 8.42 Å². The van der Waals surface area contributed by atoms with Gasteiger partial charge in [-0.15, -0.1) is 0 Å². The van der Waals surface area contributed by atoms with Crippen LogP contribution in [0.4, 0.5) is 0 Å². The van der Waals surface area contributed by atoms with E-state index in [2.05, 4.69) is 17.0 Å². The fraction of sp³-hybridized carbons (Fsp3) is 0.714. The molecule has 21 heavy (non-hydrogen) atoms. The van der Waals surface area contributed by atoms with Crippen molar-refractivity contribution >= 4 is 10.0 Å². The highest BCUT2D eigenvalue weighted by atomic mass is 32.2. The third kappa shape index (κ3) is 5.10. The molecule has 6 nitrogen and oxygen atoms in total. The summed E-state index contributed by atoms with van der Waals surface area (Å²) >= 11 is 0. The van der Waals surface area contributed by atoms with Crippen LogP contribution in [0.3, 0.4) is 0 Å². The predicted molar refractivity (Wildman–Crippen MR) is 83.8 cm³/mol. The van der Waals surface area contributed by atoms with Gasteiger partial charge in [0.05, 0.1) is 17.0 Å². The second kappa shape index (κ2) is 7.40. The Morgan fingerprint density at radius 1 is 1.38 bits per heavy atom. The molecule has 1 heterocycles. The van der Waals surface area contributed by atoms with Crippen LogP contribution < -0.4 is 10.0 Å². The standard InChI is InChI=1S/C14H27N3O3S/c1-6-7-17-10-13(8-12(17)9-15-4)21(18,19)16-14(2,3)11-20-5/h8,10,15-16H,6-7,9,11H2,1-5H3. The molecule has 0 aliphatic carbocycles. The Hall–Kier alpha value is -0.890. The average molecular weight is 317 g/mol. The molecule has 1 aromatic heterocycles. The summed E-state index contributed by atoms with van der Waals surface area (Å²) in [6.07, 6.45) is 2.65. The van der Waals surface area contributed by atoms with Crippen LogP contribution in [0, 0.1) is 0 Å². The Morgan fingerprint density at radius 3 is 2.57 bits per heavy atom. The van der Waals surface area contributed by atoms with Crippen molar-refractivity contribution in [2.75, 3.05) is 20.8 Å². The Morgan fingerprint density at radius 2 is 2.05 bits per heavy atom. The van der Waals surface area contributed by atoms with E-state index in [1.165, 1.54) is 0 Å². The summed E-state index contributed by atoms with van der Waals surface area (Å²) in [6.45, 7) is 7.41. The molecule has 0 saturated heterocycles. The number of hydrogen-bond acceptors (Lipinski definition) is 4. The number of hydrogen-bond donors (Lipinski definition) is 2. The van der Waals surface area contributed by atoms with Gasteiger partial charge in [0.15, 0.2) is 0 Å². The van der Waals surface area contributed by atoms with Crippen LogP contribution in [0.2, 0.25) is 0 Å². The highest BCUT2D eigenvalue weighted by Gasteiger charge is 2.27. The maximum atomic E-state index is 12.5. The van der Waals surface area contributed by atoms with Crippen molar-refractivity contribution < 1.29 is 13.2 Å². The molecule has 0 spiro atoms. The molecule has 1 aromatic rings. The summed E-state index contributed by atoms with van der Waals surface area (Å²) in [4.78, 5) is 0.297. The summed E-state index contributed by atoms with van der Waals surface area (Å²) in [5, 5.41) is 3.06. The topological polar surface area (TPSA) is 72.4 Å². The summed E-state index contributed by atoms with van der Waals surface area (Å²) in [7, 11) is -0.158. The Balaban J connectivity index is 3.05. The first kappa shape index (κ1) is 18.2. The highest BCUT2D eigenvalue weighted by molar-refractivity contribution is 7.89. The largest absolute Gasteiger partial charge is 0.383 e. The predicted octanol–water partition coefficient (Wildman–Crippen LogP) is 1.32. The van der Waals surface area contributed by atoms with E-state index >= 15 is 0 Å². The first-order chi connectivity index (χ1) is 9.75. The van der Waals surface area contributed by atoms with Crippen molar-refractivity contribution in [3.05, 3.63) is 18.0 Å². The number of aromatic nitrogens is 1. The number of aryl methyl sites for hydroxylation is 1. The van der Waals surface area contributed by atoms with E-state index in [0.29, 0.717) is 18.0 Å². The molecule has 0 aromatic carbocycles. The first-order valence-electron chi connectivity index (χ1n) is 7.12. The molecule has 0 aliphatic heterocycles. The number of methoxy groups -OCH3 is 1. The van der Waals surface area contributed by atoms with E-state index in [4.69, 9.17) is 4.74 Å². The highest BCUT2D eigenvalue weighted by Crippen LogP contribution is 2.17. The summed E-state index contributed by atoms with van der Waals surface area (Å²) in [5.41, 5.74) is 0.313. The number of nitrogens with one attached hydrogen (secondary N) is 2. The minimum atomic E-state index is -3.56. The third-order valence-corrected chi connectivity index (χ3v) is 4.67. The van der Waals surface area contributed by atoms with Gasteiger partial charge < -0.3 is 14.6 Å². The second-order valence-corrected chi connectivity index (χ2v) is 7.50. The van der Waals surface area contributed by atoms with Crippen LogP contribution in [0.5, 0.6) is 0 Å². The van der Waals surface area contributed by atoms with Crippen LogP contribution in [0.1, 0.15) is 32.9 Å². The van der Waals surface area contributed by atoms with Crippen molar-refractivity contribution in [1.82, 2.24) is 14.6 Å². The third-order valence-electron chi connectivity index (χ3n) is 3.01. The van der Waals surface area contributed by atoms with Crippen LogP contribution in [-0.4, -0.2) is 39.3 Å². The van der Waals surface area contributed by atoms with E-state index in [0.717, 1.165) is 18.7 Å². The molecule has 0 aliphatic rings. The minimum Gasteiger partial charge on any atom is -0.383 e. The van der Waals surface area contributed by atoms with Crippen molar-refractivity contribution in [2.24, 2.45) is 0 Å². The lowest BCUT2D eigenvalue weighted by molar-refractivity contribution is 0.141. The van der Waals surface area contributed by atoms with E-state index in [-0.39, 0.29) is 0 Å². The lowest BCUT2D eigenvalue weighted by Crippen LogP contribution is -2.46. The second-order valence-electron chi connectivity index (χ2n) is 5.81. The molecular formula is C14H27N3O3S. The molecule has 0 unspecified atom stereocenters. The van der Waals surface area contributed by atoms with Crippen LogP contribution in [-0.2, 0) is 27.8 Å². The number of sulfonamides is 1. The SMILES string of the molecule is CCCn1cc(S(=O)(=O)NC(C)(C)COC)cc1CNC. The molecule has 0 fully saturated rings. The van der Waals surface area contributed by atoms with Gasteiger partial charge in [0.1, 0.15) is 0 Å². The zero-order valence-corrected chi connectivity index (χ0v) is 14.4. The van der Waals surface area contributed by atoms with E-state index in [1.54, 1.807) is 33.2 Å². The lowest BCUT2D eigenvalue weighted by Gasteiger charge is -2.24. The van der Waals surface area contributed by atoms with E-state index in [1.807, 2.05) is 11.6 Å². The van der Waals surface area contributed by atoms with Gasteiger partial charge in [-0.25, -0.2) is 13.1 Å². The molecule has 0 atom stereocenters. The molecule has 2 N–H and O–H groups in total. The number of rotatable bonds is 9. The van der Waals surface area contributed by atoms with Crippen LogP contribution in [0.15, 0.2) is 17.2 Å². The van der Waals surface area contributed by atoms with Gasteiger partial charge in [-0.1, -0.05) is 6.92 Å². The molecule has 1 rings (SSSR count). The van der Waals surface area contributed by atoms with Gasteiger partial charge in [0.25, 0.3) is 0 Å². The van der Waals surface area contributed by atoms with Crippen molar-refractivity contribution in [3.63, 3.8) is 0 Å². The maximum Gasteiger partial charge on any atom is 0.242 e. The number of ether oxygens (including phenoxy) is 1. The first-order valence-corrected chi connectivity index (χ1v) is 8.60. The van der Waals surface area contributed by atoms with Gasteiger partial charge in [0, 0.05) is 32.1 Å². The van der Waals surface area contributed by atoms with Gasteiger partial charge in [0.2, 0.25) is 10.0 Å². The van der Waals surface area contributed by atoms with Gasteiger partial charge in [-0.05, 0) is 33.4 Å². The van der Waals surface area contributed by atoms with Gasteiger partial charge >= 0.3 is 0 Å². The normalized spacial score (nSPS) is 12.8. The smallest absolute Gasteiger partial charge is 0.242 e. The molecule has 122 valence electrons. The zero-order valence-electron chi connectivity index (χ0n) is 13.6. The summed E-state index contributed by atoms with van der Waals surface area (Å²) < 4.78 is 34.7. The minimum absolute atomic E-state index is 0.297. The average Bonchev–Trinajstić information content (AvgIpc) is 2.73. The Bertz CT molecular complexity index is 526. The summed E-state index contributed by atoms with van der Waals surface area (Å²) in [5.74, 6) is 0. The van der Waals surface area contributed by atoms with Crippen molar-refractivity contribution in [1.29, 1.82) is 0 Å². The summed E-state index contributed by atoms with van der Waals surface area (Å²) in [6, 6.07) is 1.72. The monoisotopic (exact) mass is 317 g/mol. The van der Waals surface area contributed by atoms with Crippen LogP contribution in [0.25, 0.3) is 0 Å². The lowest BCUT2D eigenvalue weighted by atomic mass is 10.1. The fourth-order valence-electron chi connectivity index (χ4n) is 2.26. The van der Waals surface area contributed by atoms with Crippen LogP contribution >= 0.6 is 0 Å². The Kier molecular flexibility index (Phi) is 6.40.